The van der Waals surface area contributed by atoms with Gasteiger partial charge in [-0.05, 0) is 36.6 Å². The van der Waals surface area contributed by atoms with Gasteiger partial charge in [0.25, 0.3) is 0 Å². The Kier molecular flexibility index (Phi) is 4.50. The maximum absolute atomic E-state index is 12.0. The van der Waals surface area contributed by atoms with E-state index in [4.69, 9.17) is 10.5 Å². The van der Waals surface area contributed by atoms with E-state index in [0.29, 0.717) is 13.1 Å². The molecule has 1 aromatic heterocycles. The molecule has 1 aliphatic rings. The Bertz CT molecular complexity index is 610. The van der Waals surface area contributed by atoms with Crippen LogP contribution >= 0.6 is 0 Å². The third-order valence-electron chi connectivity index (χ3n) is 3.83. The fourth-order valence-electron chi connectivity index (χ4n) is 2.56. The summed E-state index contributed by atoms with van der Waals surface area (Å²) in [4.78, 5) is 12.0. The number of aromatic nitrogens is 2. The zero-order valence-electron chi connectivity index (χ0n) is 12.3. The van der Waals surface area contributed by atoms with Gasteiger partial charge in [-0.15, -0.1) is 0 Å². The Labute approximate surface area is 129 Å². The molecule has 6 nitrogen and oxygen atoms in total. The predicted molar refractivity (Wildman–Crippen MR) is 82.4 cm³/mol. The summed E-state index contributed by atoms with van der Waals surface area (Å²) in [6, 6.07) is 9.80. The van der Waals surface area contributed by atoms with Crippen LogP contribution in [0.4, 0.5) is 0 Å². The van der Waals surface area contributed by atoms with Crippen LogP contribution in [0.15, 0.2) is 42.7 Å². The fourth-order valence-corrected chi connectivity index (χ4v) is 2.56. The molecule has 1 fully saturated rings. The first kappa shape index (κ1) is 14.7. The van der Waals surface area contributed by atoms with E-state index in [-0.39, 0.29) is 18.1 Å². The first-order chi connectivity index (χ1) is 10.8. The Morgan fingerprint density at radius 1 is 1.36 bits per heavy atom. The van der Waals surface area contributed by atoms with Gasteiger partial charge in [0, 0.05) is 25.5 Å². The molecule has 0 aliphatic carbocycles. The van der Waals surface area contributed by atoms with Crippen molar-refractivity contribution in [3.8, 4) is 5.69 Å². The minimum absolute atomic E-state index is 0.0177. The van der Waals surface area contributed by atoms with Crippen molar-refractivity contribution < 1.29 is 9.53 Å². The van der Waals surface area contributed by atoms with Crippen LogP contribution in [0.2, 0.25) is 0 Å². The zero-order chi connectivity index (χ0) is 15.4. The average Bonchev–Trinajstić information content (AvgIpc) is 3.24. The molecule has 0 unspecified atom stereocenters. The highest BCUT2D eigenvalue weighted by Gasteiger charge is 2.29. The summed E-state index contributed by atoms with van der Waals surface area (Å²) in [6.07, 6.45) is 4.88. The van der Waals surface area contributed by atoms with Gasteiger partial charge in [-0.1, -0.05) is 12.1 Å². The topological polar surface area (TPSA) is 82.2 Å². The standard InChI is InChI=1S/C16H20N4O2/c17-10-14-6-7-15(22-14)16(21)18-11-12-2-4-13(5-3-12)20-9-1-8-19-20/h1-5,8-9,14-15H,6-7,10-11,17H2,(H,18,21)/t14-,15+/m1/s1. The van der Waals surface area contributed by atoms with Crippen molar-refractivity contribution >= 4 is 5.91 Å². The van der Waals surface area contributed by atoms with Crippen LogP contribution in [0.1, 0.15) is 18.4 Å². The van der Waals surface area contributed by atoms with E-state index in [2.05, 4.69) is 10.4 Å². The van der Waals surface area contributed by atoms with Crippen molar-refractivity contribution in [3.63, 3.8) is 0 Å². The second-order valence-electron chi connectivity index (χ2n) is 5.39. The largest absolute Gasteiger partial charge is 0.364 e. The van der Waals surface area contributed by atoms with Crippen molar-refractivity contribution in [2.45, 2.75) is 31.6 Å². The van der Waals surface area contributed by atoms with E-state index in [1.54, 1.807) is 10.9 Å². The number of carbonyl (C=O) groups is 1. The normalized spacial score (nSPS) is 21.0. The molecule has 0 saturated carbocycles. The molecule has 2 aromatic rings. The van der Waals surface area contributed by atoms with Gasteiger partial charge < -0.3 is 15.8 Å². The number of carbonyl (C=O) groups excluding carboxylic acids is 1. The van der Waals surface area contributed by atoms with E-state index in [9.17, 15) is 4.79 Å². The third kappa shape index (κ3) is 3.35. The number of ether oxygens (including phenoxy) is 1. The average molecular weight is 300 g/mol. The summed E-state index contributed by atoms with van der Waals surface area (Å²) in [5, 5.41) is 7.09. The molecule has 116 valence electrons. The minimum atomic E-state index is -0.364. The van der Waals surface area contributed by atoms with Crippen LogP contribution in [-0.4, -0.2) is 34.4 Å². The van der Waals surface area contributed by atoms with Gasteiger partial charge in [0.05, 0.1) is 11.8 Å². The van der Waals surface area contributed by atoms with Crippen molar-refractivity contribution in [2.24, 2.45) is 5.73 Å². The summed E-state index contributed by atoms with van der Waals surface area (Å²) in [7, 11) is 0. The maximum atomic E-state index is 12.0. The molecule has 6 heteroatoms. The van der Waals surface area contributed by atoms with Crippen LogP contribution in [0.3, 0.4) is 0 Å². The molecular weight excluding hydrogens is 280 g/mol. The molecular formula is C16H20N4O2. The molecule has 2 heterocycles. The number of benzene rings is 1. The highest BCUT2D eigenvalue weighted by molar-refractivity contribution is 5.81. The highest BCUT2D eigenvalue weighted by Crippen LogP contribution is 2.19. The second-order valence-corrected chi connectivity index (χ2v) is 5.39. The molecule has 3 rings (SSSR count). The zero-order valence-corrected chi connectivity index (χ0v) is 12.3. The molecule has 22 heavy (non-hydrogen) atoms. The van der Waals surface area contributed by atoms with Gasteiger partial charge in [0.15, 0.2) is 0 Å². The number of hydrogen-bond acceptors (Lipinski definition) is 4. The van der Waals surface area contributed by atoms with E-state index < -0.39 is 0 Å². The number of nitrogens with two attached hydrogens (primary N) is 1. The molecule has 1 aromatic carbocycles. The number of amides is 1. The van der Waals surface area contributed by atoms with Crippen molar-refractivity contribution in [1.29, 1.82) is 0 Å². The van der Waals surface area contributed by atoms with Crippen LogP contribution in [0.5, 0.6) is 0 Å². The van der Waals surface area contributed by atoms with Gasteiger partial charge in [-0.3, -0.25) is 4.79 Å². The summed E-state index contributed by atoms with van der Waals surface area (Å²) in [5.74, 6) is -0.0629. The summed E-state index contributed by atoms with van der Waals surface area (Å²) in [5.41, 5.74) is 7.58. The molecule has 3 N–H and O–H groups in total. The van der Waals surface area contributed by atoms with Crippen molar-refractivity contribution in [1.82, 2.24) is 15.1 Å². The quantitative estimate of drug-likeness (QED) is 0.863. The number of hydrogen-bond donors (Lipinski definition) is 2. The maximum Gasteiger partial charge on any atom is 0.249 e. The SMILES string of the molecule is NC[C@H]1CC[C@@H](C(=O)NCc2ccc(-n3cccn3)cc2)O1. The lowest BCUT2D eigenvalue weighted by Crippen LogP contribution is -2.35. The first-order valence-corrected chi connectivity index (χ1v) is 7.48. The van der Waals surface area contributed by atoms with E-state index in [0.717, 1.165) is 24.1 Å². The fraction of sp³-hybridized carbons (Fsp3) is 0.375. The van der Waals surface area contributed by atoms with Gasteiger partial charge in [-0.2, -0.15) is 5.10 Å². The lowest BCUT2D eigenvalue weighted by molar-refractivity contribution is -0.132. The number of rotatable bonds is 5. The van der Waals surface area contributed by atoms with Gasteiger partial charge >= 0.3 is 0 Å². The molecule has 1 aliphatic heterocycles. The van der Waals surface area contributed by atoms with Gasteiger partial charge in [0.2, 0.25) is 5.91 Å². The van der Waals surface area contributed by atoms with Crippen LogP contribution in [0.25, 0.3) is 5.69 Å². The lowest BCUT2D eigenvalue weighted by atomic mass is 10.1. The monoisotopic (exact) mass is 300 g/mol. The summed E-state index contributed by atoms with van der Waals surface area (Å²) < 4.78 is 7.37. The highest BCUT2D eigenvalue weighted by atomic mass is 16.5. The number of nitrogens with zero attached hydrogens (tertiary/aromatic N) is 2. The van der Waals surface area contributed by atoms with Crippen molar-refractivity contribution in [2.75, 3.05) is 6.54 Å². The van der Waals surface area contributed by atoms with E-state index in [1.807, 2.05) is 36.5 Å². The second kappa shape index (κ2) is 6.72. The molecule has 0 radical (unpaired) electrons. The first-order valence-electron chi connectivity index (χ1n) is 7.48. The van der Waals surface area contributed by atoms with Gasteiger partial charge in [-0.25, -0.2) is 4.68 Å². The Morgan fingerprint density at radius 2 is 2.18 bits per heavy atom. The summed E-state index contributed by atoms with van der Waals surface area (Å²) >= 11 is 0. The third-order valence-corrected chi connectivity index (χ3v) is 3.83. The van der Waals surface area contributed by atoms with E-state index in [1.165, 1.54) is 0 Å². The summed E-state index contributed by atoms with van der Waals surface area (Å²) in [6.45, 7) is 0.962. The smallest absolute Gasteiger partial charge is 0.249 e. The molecule has 2 atom stereocenters. The molecule has 1 amide bonds. The van der Waals surface area contributed by atoms with Gasteiger partial charge in [0.1, 0.15) is 6.10 Å². The Hall–Kier alpha value is -2.18. The minimum Gasteiger partial charge on any atom is -0.364 e. The molecule has 0 spiro atoms. The van der Waals surface area contributed by atoms with Crippen molar-refractivity contribution in [3.05, 3.63) is 48.3 Å². The molecule has 0 bridgehead atoms. The van der Waals surface area contributed by atoms with E-state index >= 15 is 0 Å². The Balaban J connectivity index is 1.52. The number of nitrogens with one attached hydrogen (secondary N) is 1. The Morgan fingerprint density at radius 3 is 2.82 bits per heavy atom. The van der Waals surface area contributed by atoms with Crippen LogP contribution in [-0.2, 0) is 16.1 Å². The lowest BCUT2D eigenvalue weighted by Gasteiger charge is -2.13. The van der Waals surface area contributed by atoms with Crippen LogP contribution < -0.4 is 11.1 Å². The predicted octanol–water partition coefficient (Wildman–Crippen LogP) is 0.995. The molecule has 1 saturated heterocycles. The van der Waals surface area contributed by atoms with Crippen LogP contribution in [0, 0.1) is 0 Å².